The second-order valence-corrected chi connectivity index (χ2v) is 8.25. The zero-order chi connectivity index (χ0) is 12.1. The third-order valence-electron chi connectivity index (χ3n) is 2.44. The quantitative estimate of drug-likeness (QED) is 0.512. The van der Waals surface area contributed by atoms with Crippen LogP contribution in [0, 0.1) is 0 Å². The Morgan fingerprint density at radius 3 is 1.94 bits per heavy atom. The van der Waals surface area contributed by atoms with E-state index in [0.29, 0.717) is 9.78 Å². The van der Waals surface area contributed by atoms with Gasteiger partial charge in [-0.3, -0.25) is 0 Å². The number of hydrogen-bond donors (Lipinski definition) is 2. The van der Waals surface area contributed by atoms with Crippen LogP contribution >= 0.6 is 0 Å². The average molecular weight is 297 g/mol. The van der Waals surface area contributed by atoms with Crippen molar-refractivity contribution < 1.29 is 13.4 Å². The van der Waals surface area contributed by atoms with Gasteiger partial charge in [0.1, 0.15) is 0 Å². The summed E-state index contributed by atoms with van der Waals surface area (Å²) in [4.78, 5) is 0. The van der Waals surface area contributed by atoms with Gasteiger partial charge in [0, 0.05) is 0 Å². The third-order valence-corrected chi connectivity index (χ3v) is 6.59. The van der Waals surface area contributed by atoms with Crippen LogP contribution in [0.4, 0.5) is 0 Å². The van der Waals surface area contributed by atoms with Crippen LogP contribution in [-0.4, -0.2) is 23.0 Å². The summed E-state index contributed by atoms with van der Waals surface area (Å²) < 4.78 is 15.5. The SMILES string of the molecule is OO[Se](O)(Cc1ccccc1)c1ccccc1. The fraction of sp³-hybridized carbons (Fsp3) is 0.0769. The fourth-order valence-corrected chi connectivity index (χ4v) is 4.80. The zero-order valence-corrected chi connectivity index (χ0v) is 10.9. The molecule has 0 aliphatic carbocycles. The van der Waals surface area contributed by atoms with Crippen LogP contribution in [0.3, 0.4) is 0 Å². The second-order valence-electron chi connectivity index (χ2n) is 3.66. The van der Waals surface area contributed by atoms with Gasteiger partial charge in [-0.2, -0.15) is 0 Å². The zero-order valence-electron chi connectivity index (χ0n) is 9.19. The van der Waals surface area contributed by atoms with E-state index in [4.69, 9.17) is 5.26 Å². The molecule has 0 aromatic heterocycles. The van der Waals surface area contributed by atoms with Crippen LogP contribution < -0.4 is 4.46 Å². The summed E-state index contributed by atoms with van der Waals surface area (Å²) in [7, 11) is 0. The average Bonchev–Trinajstić information content (AvgIpc) is 2.41. The monoisotopic (exact) mass is 298 g/mol. The molecule has 0 aliphatic heterocycles. The van der Waals surface area contributed by atoms with Crippen LogP contribution in [-0.2, 0) is 9.29 Å². The van der Waals surface area contributed by atoms with Crippen molar-refractivity contribution in [2.24, 2.45) is 0 Å². The molecule has 1 unspecified atom stereocenters. The summed E-state index contributed by atoms with van der Waals surface area (Å²) in [6, 6.07) is 18.6. The van der Waals surface area contributed by atoms with E-state index in [-0.39, 0.29) is 0 Å². The molecule has 0 radical (unpaired) electrons. The number of benzene rings is 2. The molecule has 0 fully saturated rings. The Hall–Kier alpha value is -1.16. The van der Waals surface area contributed by atoms with Crippen LogP contribution in [0.1, 0.15) is 5.56 Å². The molecule has 17 heavy (non-hydrogen) atoms. The molecule has 2 rings (SSSR count). The summed E-state index contributed by atoms with van der Waals surface area (Å²) in [5.41, 5.74) is 0.952. The van der Waals surface area contributed by atoms with Gasteiger partial charge in [-0.1, -0.05) is 0 Å². The maximum atomic E-state index is 10.4. The molecule has 0 saturated carbocycles. The van der Waals surface area contributed by atoms with Crippen molar-refractivity contribution in [3.8, 4) is 0 Å². The van der Waals surface area contributed by atoms with E-state index in [0.717, 1.165) is 5.56 Å². The van der Waals surface area contributed by atoms with Gasteiger partial charge in [-0.15, -0.1) is 0 Å². The van der Waals surface area contributed by atoms with Gasteiger partial charge in [0.05, 0.1) is 0 Å². The summed E-state index contributed by atoms with van der Waals surface area (Å²) in [5, 5.41) is 9.36. The van der Waals surface area contributed by atoms with E-state index >= 15 is 0 Å². The number of rotatable bonds is 4. The molecule has 0 bridgehead atoms. The topological polar surface area (TPSA) is 49.7 Å². The second kappa shape index (κ2) is 5.45. The summed E-state index contributed by atoms with van der Waals surface area (Å²) in [6.07, 6.45) is 0. The Morgan fingerprint density at radius 1 is 0.882 bits per heavy atom. The van der Waals surface area contributed by atoms with Crippen molar-refractivity contribution >= 4 is 18.0 Å². The Bertz CT molecular complexity index is 461. The summed E-state index contributed by atoms with van der Waals surface area (Å²) in [6.45, 7) is 0. The molecule has 90 valence electrons. The van der Waals surface area contributed by atoms with E-state index < -0.39 is 13.5 Å². The molecule has 0 saturated heterocycles. The normalized spacial score (nSPS) is 16.1. The van der Waals surface area contributed by atoms with Crippen LogP contribution in [0.5, 0.6) is 0 Å². The predicted octanol–water partition coefficient (Wildman–Crippen LogP) is 1.60. The molecule has 0 spiro atoms. The van der Waals surface area contributed by atoms with Gasteiger partial charge < -0.3 is 0 Å². The first-order chi connectivity index (χ1) is 8.24. The third kappa shape index (κ3) is 2.94. The van der Waals surface area contributed by atoms with Crippen LogP contribution in [0.15, 0.2) is 60.7 Å². The van der Waals surface area contributed by atoms with Gasteiger partial charge >= 0.3 is 103 Å². The van der Waals surface area contributed by atoms with E-state index in [1.54, 1.807) is 12.1 Å². The van der Waals surface area contributed by atoms with Crippen molar-refractivity contribution in [3.05, 3.63) is 66.2 Å². The van der Waals surface area contributed by atoms with Crippen molar-refractivity contribution in [2.75, 3.05) is 0 Å². The fourth-order valence-electron chi connectivity index (χ4n) is 1.59. The molecule has 3 nitrogen and oxygen atoms in total. The van der Waals surface area contributed by atoms with E-state index in [2.05, 4.69) is 3.97 Å². The summed E-state index contributed by atoms with van der Waals surface area (Å²) >= 11 is -3.48. The van der Waals surface area contributed by atoms with Crippen molar-refractivity contribution in [3.63, 3.8) is 0 Å². The van der Waals surface area contributed by atoms with Gasteiger partial charge in [0.25, 0.3) is 0 Å². The molecule has 2 N–H and O–H groups in total. The standard InChI is InChI=1S/C13H14O3Se/c14-16-17(15,13-9-5-2-6-10-13)11-12-7-3-1-4-8-12/h1-10,14-15H,11H2. The first kappa shape index (κ1) is 12.3. The number of hydrogen-bond acceptors (Lipinski definition) is 3. The van der Waals surface area contributed by atoms with E-state index in [1.165, 1.54) is 0 Å². The molecular weight excluding hydrogens is 283 g/mol. The Labute approximate surface area is 103 Å². The van der Waals surface area contributed by atoms with Gasteiger partial charge in [-0.25, -0.2) is 0 Å². The van der Waals surface area contributed by atoms with Crippen LogP contribution in [0.25, 0.3) is 0 Å². The van der Waals surface area contributed by atoms with Crippen molar-refractivity contribution in [2.45, 2.75) is 5.32 Å². The van der Waals surface area contributed by atoms with Gasteiger partial charge in [0.2, 0.25) is 0 Å². The Morgan fingerprint density at radius 2 is 1.41 bits per heavy atom. The molecule has 4 heteroatoms. The van der Waals surface area contributed by atoms with Gasteiger partial charge in [0.15, 0.2) is 0 Å². The molecule has 0 heterocycles. The molecular formula is C13H14O3Se. The van der Waals surface area contributed by atoms with E-state index in [1.807, 2.05) is 48.5 Å². The molecule has 1 atom stereocenters. The molecule has 2 aromatic carbocycles. The minimum absolute atomic E-state index is 0.345. The van der Waals surface area contributed by atoms with Crippen molar-refractivity contribution in [1.29, 1.82) is 0 Å². The molecule has 0 amide bonds. The maximum absolute atomic E-state index is 10.4. The molecule has 0 aliphatic rings. The van der Waals surface area contributed by atoms with Crippen molar-refractivity contribution in [1.82, 2.24) is 0 Å². The van der Waals surface area contributed by atoms with E-state index in [9.17, 15) is 4.19 Å². The Balaban J connectivity index is 2.27. The minimum atomic E-state index is -3.48. The first-order valence-electron chi connectivity index (χ1n) is 5.20. The predicted molar refractivity (Wildman–Crippen MR) is 67.9 cm³/mol. The van der Waals surface area contributed by atoms with Gasteiger partial charge in [-0.05, 0) is 0 Å². The molecule has 2 aromatic rings. The Kier molecular flexibility index (Phi) is 3.94. The van der Waals surface area contributed by atoms with Crippen LogP contribution in [0.2, 0.25) is 0 Å². The first-order valence-corrected chi connectivity index (χ1v) is 8.73. The summed E-state index contributed by atoms with van der Waals surface area (Å²) in [5.74, 6) is 0.